The van der Waals surface area contributed by atoms with E-state index in [4.69, 9.17) is 26.8 Å². The molecule has 0 saturated carbocycles. The van der Waals surface area contributed by atoms with Crippen LogP contribution in [0.5, 0.6) is 5.75 Å². The lowest BCUT2D eigenvalue weighted by Gasteiger charge is -2.10. The third kappa shape index (κ3) is 3.64. The zero-order valence-electron chi connectivity index (χ0n) is 11.2. The van der Waals surface area contributed by atoms with Gasteiger partial charge in [0, 0.05) is 22.3 Å². The van der Waals surface area contributed by atoms with E-state index in [1.165, 1.54) is 31.4 Å². The lowest BCUT2D eigenvalue weighted by atomic mass is 10.2. The van der Waals surface area contributed by atoms with Crippen LogP contribution in [0.3, 0.4) is 0 Å². The summed E-state index contributed by atoms with van der Waals surface area (Å²) in [7, 11) is 1.42. The Balaban J connectivity index is 2.11. The minimum Gasteiger partial charge on any atom is -0.496 e. The van der Waals surface area contributed by atoms with Crippen LogP contribution in [0.25, 0.3) is 0 Å². The fourth-order valence-corrected chi connectivity index (χ4v) is 1.90. The van der Waals surface area contributed by atoms with Gasteiger partial charge >= 0.3 is 5.97 Å². The largest absolute Gasteiger partial charge is 0.496 e. The summed E-state index contributed by atoms with van der Waals surface area (Å²) < 4.78 is 23.7. The fraction of sp³-hybridized carbons (Fsp3) is 0.133. The maximum absolute atomic E-state index is 13.6. The van der Waals surface area contributed by atoms with E-state index in [0.29, 0.717) is 11.4 Å². The third-order valence-electron chi connectivity index (χ3n) is 2.82. The Hall–Kier alpha value is -2.27. The predicted molar refractivity (Wildman–Crippen MR) is 77.9 cm³/mol. The van der Waals surface area contributed by atoms with Crippen LogP contribution in [0.15, 0.2) is 36.4 Å². The highest BCUT2D eigenvalue weighted by atomic mass is 35.5. The van der Waals surface area contributed by atoms with Gasteiger partial charge < -0.3 is 15.2 Å². The highest BCUT2D eigenvalue weighted by molar-refractivity contribution is 6.30. The molecule has 0 saturated heterocycles. The lowest BCUT2D eigenvalue weighted by molar-refractivity contribution is 0.0465. The van der Waals surface area contributed by atoms with Gasteiger partial charge in [0.2, 0.25) is 0 Å². The molecule has 0 heterocycles. The number of ether oxygens (including phenoxy) is 2. The van der Waals surface area contributed by atoms with Gasteiger partial charge in [-0.2, -0.15) is 0 Å². The molecule has 0 amide bonds. The first-order chi connectivity index (χ1) is 10.0. The number of methoxy groups -OCH3 is 1. The Kier molecular flexibility index (Phi) is 4.65. The van der Waals surface area contributed by atoms with Crippen molar-refractivity contribution in [3.63, 3.8) is 0 Å². The zero-order chi connectivity index (χ0) is 15.4. The molecule has 0 aliphatic rings. The van der Waals surface area contributed by atoms with E-state index < -0.39 is 11.8 Å². The molecular formula is C15H13ClFNO3. The molecule has 2 N–H and O–H groups in total. The minimum absolute atomic E-state index is 0.199. The van der Waals surface area contributed by atoms with Crippen molar-refractivity contribution in [2.45, 2.75) is 6.61 Å². The minimum atomic E-state index is -0.624. The molecule has 0 unspecified atom stereocenters. The number of hydrogen-bond acceptors (Lipinski definition) is 4. The summed E-state index contributed by atoms with van der Waals surface area (Å²) in [5.41, 5.74) is 6.53. The molecule has 0 aromatic heterocycles. The first kappa shape index (κ1) is 15.1. The number of anilines is 1. The maximum atomic E-state index is 13.6. The molecule has 2 rings (SSSR count). The van der Waals surface area contributed by atoms with Crippen molar-refractivity contribution in [3.8, 4) is 5.75 Å². The average Bonchev–Trinajstić information content (AvgIpc) is 2.45. The van der Waals surface area contributed by atoms with E-state index in [9.17, 15) is 9.18 Å². The van der Waals surface area contributed by atoms with Crippen LogP contribution in [0.1, 0.15) is 15.9 Å². The van der Waals surface area contributed by atoms with Gasteiger partial charge in [-0.15, -0.1) is 0 Å². The Morgan fingerprint density at radius 1 is 1.29 bits per heavy atom. The van der Waals surface area contributed by atoms with Crippen molar-refractivity contribution in [1.82, 2.24) is 0 Å². The number of carbonyl (C=O) groups is 1. The van der Waals surface area contributed by atoms with Gasteiger partial charge in [-0.05, 0) is 24.3 Å². The van der Waals surface area contributed by atoms with Crippen molar-refractivity contribution in [2.75, 3.05) is 12.8 Å². The second-order valence-corrected chi connectivity index (χ2v) is 4.71. The number of carbonyl (C=O) groups excluding carboxylic acids is 1. The quantitative estimate of drug-likeness (QED) is 0.694. The van der Waals surface area contributed by atoms with Gasteiger partial charge in [0.25, 0.3) is 0 Å². The molecule has 6 heteroatoms. The Morgan fingerprint density at radius 3 is 2.71 bits per heavy atom. The Labute approximate surface area is 126 Å². The van der Waals surface area contributed by atoms with E-state index in [2.05, 4.69) is 0 Å². The zero-order valence-corrected chi connectivity index (χ0v) is 12.0. The van der Waals surface area contributed by atoms with Crippen LogP contribution in [-0.4, -0.2) is 13.1 Å². The number of halogens is 2. The predicted octanol–water partition coefficient (Wildman–Crippen LogP) is 3.43. The van der Waals surface area contributed by atoms with Crippen LogP contribution >= 0.6 is 11.6 Å². The van der Waals surface area contributed by atoms with Crippen molar-refractivity contribution in [3.05, 3.63) is 58.4 Å². The van der Waals surface area contributed by atoms with E-state index in [1.807, 2.05) is 0 Å². The fourth-order valence-electron chi connectivity index (χ4n) is 1.74. The smallest absolute Gasteiger partial charge is 0.342 e. The molecule has 0 aliphatic carbocycles. The average molecular weight is 310 g/mol. The van der Waals surface area contributed by atoms with E-state index >= 15 is 0 Å². The number of rotatable bonds is 4. The topological polar surface area (TPSA) is 61.5 Å². The van der Waals surface area contributed by atoms with Gasteiger partial charge in [-0.25, -0.2) is 9.18 Å². The van der Waals surface area contributed by atoms with Gasteiger partial charge in [-0.3, -0.25) is 0 Å². The molecule has 0 bridgehead atoms. The number of hydrogen-bond donors (Lipinski definition) is 1. The van der Waals surface area contributed by atoms with E-state index in [0.717, 1.165) is 6.07 Å². The summed E-state index contributed by atoms with van der Waals surface area (Å²) >= 11 is 5.65. The molecule has 0 spiro atoms. The van der Waals surface area contributed by atoms with E-state index in [-0.39, 0.29) is 22.8 Å². The van der Waals surface area contributed by atoms with Crippen LogP contribution in [0, 0.1) is 5.82 Å². The van der Waals surface area contributed by atoms with Crippen molar-refractivity contribution in [1.29, 1.82) is 0 Å². The number of esters is 1. The van der Waals surface area contributed by atoms with Crippen LogP contribution in [0.4, 0.5) is 10.1 Å². The molecule has 110 valence electrons. The van der Waals surface area contributed by atoms with Crippen molar-refractivity contribution >= 4 is 23.3 Å². The molecule has 21 heavy (non-hydrogen) atoms. The van der Waals surface area contributed by atoms with Gasteiger partial charge in [0.1, 0.15) is 23.7 Å². The van der Waals surface area contributed by atoms with Gasteiger partial charge in [-0.1, -0.05) is 17.7 Å². The highest BCUT2D eigenvalue weighted by Crippen LogP contribution is 2.23. The SMILES string of the molecule is COc1cc(N)ccc1C(=O)OCc1ccc(Cl)cc1F. The first-order valence-electron chi connectivity index (χ1n) is 6.06. The molecule has 2 aromatic rings. The molecule has 0 radical (unpaired) electrons. The first-order valence-corrected chi connectivity index (χ1v) is 6.43. The standard InChI is InChI=1S/C15H13ClFNO3/c1-20-14-7-11(18)4-5-12(14)15(19)21-8-9-2-3-10(16)6-13(9)17/h2-7H,8,18H2,1H3. The van der Waals surface area contributed by atoms with Crippen LogP contribution in [-0.2, 0) is 11.3 Å². The molecule has 2 aromatic carbocycles. The summed E-state index contributed by atoms with van der Waals surface area (Å²) in [5, 5.41) is 0.280. The van der Waals surface area contributed by atoms with Gasteiger partial charge in [0.15, 0.2) is 0 Å². The monoisotopic (exact) mass is 309 g/mol. The number of nitrogen functional groups attached to an aromatic ring is 1. The Morgan fingerprint density at radius 2 is 2.05 bits per heavy atom. The van der Waals surface area contributed by atoms with Gasteiger partial charge in [0.05, 0.1) is 7.11 Å². The molecule has 4 nitrogen and oxygen atoms in total. The summed E-state index contributed by atoms with van der Waals surface area (Å²) in [4.78, 5) is 12.0. The second-order valence-electron chi connectivity index (χ2n) is 4.27. The normalized spacial score (nSPS) is 10.2. The Bertz CT molecular complexity index is 676. The molecular weight excluding hydrogens is 297 g/mol. The van der Waals surface area contributed by atoms with Crippen molar-refractivity contribution in [2.24, 2.45) is 0 Å². The maximum Gasteiger partial charge on any atom is 0.342 e. The second kappa shape index (κ2) is 6.45. The van der Waals surface area contributed by atoms with E-state index in [1.54, 1.807) is 6.07 Å². The highest BCUT2D eigenvalue weighted by Gasteiger charge is 2.15. The number of benzene rings is 2. The van der Waals surface area contributed by atoms with Crippen LogP contribution in [0.2, 0.25) is 5.02 Å². The van der Waals surface area contributed by atoms with Crippen molar-refractivity contribution < 1.29 is 18.7 Å². The summed E-state index contributed by atoms with van der Waals surface area (Å²) in [6.07, 6.45) is 0. The third-order valence-corrected chi connectivity index (χ3v) is 3.05. The summed E-state index contributed by atoms with van der Waals surface area (Å²) in [6, 6.07) is 8.72. The lowest BCUT2D eigenvalue weighted by Crippen LogP contribution is -2.08. The molecule has 0 fully saturated rings. The number of nitrogens with two attached hydrogens (primary N) is 1. The molecule has 0 aliphatic heterocycles. The summed E-state index contributed by atoms with van der Waals surface area (Å²) in [6.45, 7) is -0.199. The summed E-state index contributed by atoms with van der Waals surface area (Å²) in [5.74, 6) is -0.850. The van der Waals surface area contributed by atoms with Crippen LogP contribution < -0.4 is 10.5 Å². The molecule has 0 atom stereocenters.